The van der Waals surface area contributed by atoms with Crippen LogP contribution in [0.3, 0.4) is 0 Å². The third-order valence-electron chi connectivity index (χ3n) is 0.838. The van der Waals surface area contributed by atoms with E-state index in [-0.39, 0.29) is 6.20 Å². The Hall–Kier alpha value is -1.12. The topological polar surface area (TPSA) is 75.3 Å². The van der Waals surface area contributed by atoms with E-state index in [0.717, 1.165) is 11.8 Å². The van der Waals surface area contributed by atoms with E-state index < -0.39 is 21.5 Å². The predicted molar refractivity (Wildman–Crippen MR) is 33.9 cm³/mol. The molecule has 0 saturated carbocycles. The van der Waals surface area contributed by atoms with Gasteiger partial charge in [0.1, 0.15) is 0 Å². The molecule has 0 aliphatic rings. The number of alkyl halides is 3. The molecule has 0 aliphatic heterocycles. The highest BCUT2D eigenvalue weighted by atomic mass is 32.2. The lowest BCUT2D eigenvalue weighted by Crippen LogP contribution is -2.33. The zero-order valence-electron chi connectivity index (χ0n) is 6.25. The van der Waals surface area contributed by atoms with Crippen molar-refractivity contribution in [3.05, 3.63) is 12.1 Å². The minimum Gasteiger partial charge on any atom is -0.465 e. The van der Waals surface area contributed by atoms with Crippen LogP contribution in [0, 0.1) is 0 Å². The first-order chi connectivity index (χ1) is 5.70. The van der Waals surface area contributed by atoms with Gasteiger partial charge in [0.15, 0.2) is 0 Å². The highest BCUT2D eigenvalue weighted by molar-refractivity contribution is 7.90. The number of hydrogen-bond donors (Lipinski definition) is 1. The molecule has 0 aliphatic carbocycles. The fraction of sp³-hybridized carbons (Fsp3) is 0.500. The molecule has 1 N–H and O–H groups in total. The molecule has 0 spiro atoms. The van der Waals surface area contributed by atoms with Crippen molar-refractivity contribution in [2.45, 2.75) is 5.51 Å². The average molecular weight is 220 g/mol. The molecule has 0 aromatic carbocycles. The van der Waals surface area contributed by atoms with Gasteiger partial charge in [-0.05, 0) is 0 Å². The average Bonchev–Trinajstić information content (AvgIpc) is 1.98. The van der Waals surface area contributed by atoms with E-state index in [1.165, 1.54) is 0 Å². The fourth-order valence-corrected chi connectivity index (χ4v) is 0.636. The number of halogens is 3. The van der Waals surface area contributed by atoms with Crippen molar-refractivity contribution in [3.63, 3.8) is 0 Å². The Morgan fingerprint density at radius 3 is 2.23 bits per heavy atom. The summed E-state index contributed by atoms with van der Waals surface area (Å²) in [4.78, 5) is 0. The zero-order valence-corrected chi connectivity index (χ0v) is 7.07. The number of ether oxygens (including phenoxy) is 1. The largest absolute Gasteiger partial charge is 0.516 e. The molecule has 13 heavy (non-hydrogen) atoms. The minimum atomic E-state index is -5.51. The first-order valence-electron chi connectivity index (χ1n) is 2.70. The summed E-state index contributed by atoms with van der Waals surface area (Å²) in [6.07, 6.45) is 0.0584. The molecule has 0 atom stereocenters. The second-order valence-corrected chi connectivity index (χ2v) is 3.44. The molecule has 1 radical (unpaired) electrons. The molecule has 0 aromatic rings. The van der Waals surface area contributed by atoms with E-state index in [1.807, 2.05) is 0 Å². The third-order valence-corrected chi connectivity index (χ3v) is 1.88. The van der Waals surface area contributed by atoms with Crippen LogP contribution in [0.25, 0.3) is 0 Å². The quantitative estimate of drug-likeness (QED) is 0.695. The van der Waals surface area contributed by atoms with E-state index in [2.05, 4.69) is 4.74 Å². The van der Waals surface area contributed by atoms with Crippen LogP contribution in [0.5, 0.6) is 0 Å². The van der Waals surface area contributed by atoms with E-state index in [9.17, 15) is 26.7 Å². The number of sulfonamides is 1. The van der Waals surface area contributed by atoms with Crippen LogP contribution in [-0.4, -0.2) is 21.0 Å². The number of rotatable bonds is 3. The van der Waals surface area contributed by atoms with Crippen LogP contribution in [0.1, 0.15) is 0 Å². The van der Waals surface area contributed by atoms with Gasteiger partial charge in [-0.2, -0.15) is 21.6 Å². The summed E-state index contributed by atoms with van der Waals surface area (Å²) >= 11 is 0. The smallest absolute Gasteiger partial charge is 0.465 e. The van der Waals surface area contributed by atoms with Gasteiger partial charge in [-0.15, -0.1) is 0 Å². The van der Waals surface area contributed by atoms with Gasteiger partial charge in [-0.25, -0.2) is 5.11 Å². The van der Waals surface area contributed by atoms with E-state index in [1.54, 1.807) is 0 Å². The van der Waals surface area contributed by atoms with Gasteiger partial charge in [0.25, 0.3) is 0 Å². The second-order valence-electron chi connectivity index (χ2n) is 1.73. The molecular formula is C4H5F3NO4S. The summed E-state index contributed by atoms with van der Waals surface area (Å²) < 4.78 is 59.9. The van der Waals surface area contributed by atoms with Crippen LogP contribution in [0.2, 0.25) is 0 Å². The van der Waals surface area contributed by atoms with Crippen LogP contribution >= 0.6 is 0 Å². The van der Waals surface area contributed by atoms with Crippen molar-refractivity contribution < 1.29 is 31.4 Å². The Kier molecular flexibility index (Phi) is 3.41. The van der Waals surface area contributed by atoms with Crippen molar-refractivity contribution in [2.75, 3.05) is 7.11 Å². The Balaban J connectivity index is 4.57. The highest BCUT2D eigenvalue weighted by Gasteiger charge is 2.45. The van der Waals surface area contributed by atoms with Crippen molar-refractivity contribution in [3.8, 4) is 0 Å². The van der Waals surface area contributed by atoms with Gasteiger partial charge in [-0.3, -0.25) is 4.72 Å². The lowest BCUT2D eigenvalue weighted by atomic mass is 10.9. The maximum atomic E-state index is 11.6. The van der Waals surface area contributed by atoms with Crippen molar-refractivity contribution in [1.29, 1.82) is 0 Å². The minimum absolute atomic E-state index is 0.0584. The molecule has 0 heterocycles. The van der Waals surface area contributed by atoms with E-state index in [0.29, 0.717) is 0 Å². The molecular weight excluding hydrogens is 215 g/mol. The molecule has 5 nitrogen and oxygen atoms in total. The third kappa shape index (κ3) is 3.40. The molecule has 0 fully saturated rings. The first-order valence-corrected chi connectivity index (χ1v) is 4.19. The van der Waals surface area contributed by atoms with Gasteiger partial charge >= 0.3 is 21.5 Å². The van der Waals surface area contributed by atoms with Crippen molar-refractivity contribution >= 4 is 10.0 Å². The van der Waals surface area contributed by atoms with Gasteiger partial charge in [-0.1, -0.05) is 0 Å². The lowest BCUT2D eigenvalue weighted by Gasteiger charge is -2.06. The maximum absolute atomic E-state index is 11.6. The summed E-state index contributed by atoms with van der Waals surface area (Å²) in [6, 6.07) is 0. The summed E-state index contributed by atoms with van der Waals surface area (Å²) in [7, 11) is -4.62. The number of hydrogen-bond acceptors (Lipinski definition) is 3. The summed E-state index contributed by atoms with van der Waals surface area (Å²) in [5.41, 5.74) is -5.45. The maximum Gasteiger partial charge on any atom is 0.516 e. The number of methoxy groups -OCH3 is 1. The van der Waals surface area contributed by atoms with Crippen molar-refractivity contribution in [1.82, 2.24) is 4.72 Å². The molecule has 0 aromatic heterocycles. The second kappa shape index (κ2) is 3.73. The molecule has 77 valence electrons. The highest BCUT2D eigenvalue weighted by Crippen LogP contribution is 2.21. The Morgan fingerprint density at radius 2 is 1.92 bits per heavy atom. The van der Waals surface area contributed by atoms with Gasteiger partial charge in [0.05, 0.1) is 13.3 Å². The Bertz CT molecular complexity index is 293. The summed E-state index contributed by atoms with van der Waals surface area (Å²) in [6.45, 7) is 0. The van der Waals surface area contributed by atoms with Crippen molar-refractivity contribution in [2.24, 2.45) is 0 Å². The first kappa shape index (κ1) is 11.9. The standard InChI is InChI=1S/C4H5F3NO4S/c1-12-3(9)2-8-13(10,11)4(5,6)7/h2,8H,1H3. The molecule has 0 rings (SSSR count). The van der Waals surface area contributed by atoms with Crippen LogP contribution in [-0.2, 0) is 19.9 Å². The molecule has 0 saturated heterocycles. The van der Waals surface area contributed by atoms with Gasteiger partial charge < -0.3 is 4.74 Å². The van der Waals surface area contributed by atoms with Crippen LogP contribution in [0.4, 0.5) is 13.2 Å². The van der Waals surface area contributed by atoms with Crippen LogP contribution in [0.15, 0.2) is 12.1 Å². The van der Waals surface area contributed by atoms with Crippen LogP contribution < -0.4 is 4.72 Å². The SMILES string of the molecule is COC([O])=CNS(=O)(=O)C(F)(F)F. The lowest BCUT2D eigenvalue weighted by molar-refractivity contribution is -0.0444. The number of nitrogens with one attached hydrogen (secondary N) is 1. The monoisotopic (exact) mass is 220 g/mol. The van der Waals surface area contributed by atoms with E-state index in [4.69, 9.17) is 0 Å². The van der Waals surface area contributed by atoms with Gasteiger partial charge in [0.2, 0.25) is 0 Å². The normalized spacial score (nSPS) is 14.0. The fourth-order valence-electron chi connectivity index (χ4n) is 0.251. The Morgan fingerprint density at radius 1 is 1.46 bits per heavy atom. The Labute approximate surface area is 71.9 Å². The predicted octanol–water partition coefficient (Wildman–Crippen LogP) is 0.301. The molecule has 0 amide bonds. The molecule has 0 bridgehead atoms. The summed E-state index contributed by atoms with van der Waals surface area (Å²) in [5.74, 6) is -1.23. The molecule has 0 unspecified atom stereocenters. The van der Waals surface area contributed by atoms with E-state index >= 15 is 0 Å². The summed E-state index contributed by atoms with van der Waals surface area (Å²) in [5, 5.41) is 10.2. The molecule has 9 heteroatoms. The zero-order chi connectivity index (χ0) is 10.7. The van der Waals surface area contributed by atoms with Gasteiger partial charge in [0, 0.05) is 0 Å².